The summed E-state index contributed by atoms with van der Waals surface area (Å²) in [5.74, 6) is 0.102. The van der Waals surface area contributed by atoms with Crippen molar-refractivity contribution in [1.29, 1.82) is 5.41 Å². The van der Waals surface area contributed by atoms with Gasteiger partial charge in [0.25, 0.3) is 5.91 Å². The number of rotatable bonds is 7. The Labute approximate surface area is 189 Å². The second-order valence-corrected chi connectivity index (χ2v) is 8.85. The van der Waals surface area contributed by atoms with Crippen LogP contribution < -0.4 is 5.32 Å². The fraction of sp³-hybridized carbons (Fsp3) is 0.400. The van der Waals surface area contributed by atoms with Crippen LogP contribution in [0.3, 0.4) is 0 Å². The Morgan fingerprint density at radius 2 is 1.77 bits per heavy atom. The number of halogens is 1. The molecule has 0 spiro atoms. The number of likely N-dealkylation sites (tertiary alicyclic amines) is 1. The molecule has 0 radical (unpaired) electrons. The van der Waals surface area contributed by atoms with Crippen molar-refractivity contribution in [2.24, 2.45) is 5.92 Å². The minimum absolute atomic E-state index is 0.0255. The molecule has 2 amide bonds. The summed E-state index contributed by atoms with van der Waals surface area (Å²) in [6.45, 7) is 5.25. The van der Waals surface area contributed by atoms with E-state index < -0.39 is 6.04 Å². The van der Waals surface area contributed by atoms with Crippen LogP contribution in [-0.2, 0) is 11.2 Å². The van der Waals surface area contributed by atoms with Gasteiger partial charge in [-0.05, 0) is 60.2 Å². The van der Waals surface area contributed by atoms with E-state index in [4.69, 9.17) is 17.0 Å². The van der Waals surface area contributed by atoms with Crippen LogP contribution in [0.5, 0.6) is 0 Å². The van der Waals surface area contributed by atoms with Crippen molar-refractivity contribution in [3.63, 3.8) is 0 Å². The number of piperidine rings is 1. The molecule has 1 atom stereocenters. The molecule has 31 heavy (non-hydrogen) atoms. The molecule has 6 heteroatoms. The Bertz CT molecular complexity index is 919. The van der Waals surface area contributed by atoms with E-state index in [1.54, 1.807) is 12.1 Å². The molecule has 1 saturated heterocycles. The van der Waals surface area contributed by atoms with Gasteiger partial charge in [-0.15, -0.1) is 0 Å². The second-order valence-electron chi connectivity index (χ2n) is 8.41. The minimum atomic E-state index is -0.576. The summed E-state index contributed by atoms with van der Waals surface area (Å²) in [5, 5.41) is 11.0. The number of hydrogen-bond acceptors (Lipinski definition) is 3. The number of carbonyl (C=O) groups is 2. The van der Waals surface area contributed by atoms with Gasteiger partial charge in [0, 0.05) is 30.1 Å². The molecule has 0 aromatic heterocycles. The topological polar surface area (TPSA) is 73.3 Å². The van der Waals surface area contributed by atoms with E-state index in [1.807, 2.05) is 43.0 Å². The minimum Gasteiger partial charge on any atom is -0.341 e. The van der Waals surface area contributed by atoms with Gasteiger partial charge in [-0.3, -0.25) is 9.59 Å². The lowest BCUT2D eigenvalue weighted by molar-refractivity contribution is -0.135. The average molecular weight is 440 g/mol. The molecule has 164 valence electrons. The van der Waals surface area contributed by atoms with E-state index in [1.165, 1.54) is 11.8 Å². The lowest BCUT2D eigenvalue weighted by Crippen LogP contribution is -2.53. The van der Waals surface area contributed by atoms with Gasteiger partial charge in [-0.2, -0.15) is 0 Å². The van der Waals surface area contributed by atoms with Gasteiger partial charge < -0.3 is 15.6 Å². The van der Waals surface area contributed by atoms with Gasteiger partial charge in [0.2, 0.25) is 5.91 Å². The standard InChI is InChI=1S/C25H30ClN3O2/c1-17(2)23(28-24(30)22-6-4-3-5-20(22)11-14-27)25(31)29-15-12-19(13-16-29)18-7-9-21(26)10-8-18/h3-10,14,17,19,23,27H,11-13,15-16H2,1-2H3,(H,28,30)/t23-/m1/s1. The molecule has 3 rings (SSSR count). The second kappa shape index (κ2) is 10.6. The Morgan fingerprint density at radius 1 is 1.13 bits per heavy atom. The largest absolute Gasteiger partial charge is 0.341 e. The molecule has 2 N–H and O–H groups in total. The van der Waals surface area contributed by atoms with Crippen LogP contribution in [0.15, 0.2) is 48.5 Å². The van der Waals surface area contributed by atoms with E-state index in [2.05, 4.69) is 17.4 Å². The zero-order chi connectivity index (χ0) is 22.4. The summed E-state index contributed by atoms with van der Waals surface area (Å²) in [7, 11) is 0. The fourth-order valence-electron chi connectivity index (χ4n) is 4.13. The number of amides is 2. The van der Waals surface area contributed by atoms with Crippen molar-refractivity contribution in [1.82, 2.24) is 10.2 Å². The van der Waals surface area contributed by atoms with Crippen molar-refractivity contribution in [2.45, 2.75) is 45.1 Å². The maximum absolute atomic E-state index is 13.3. The predicted molar refractivity (Wildman–Crippen MR) is 125 cm³/mol. The van der Waals surface area contributed by atoms with Crippen LogP contribution in [0, 0.1) is 11.3 Å². The van der Waals surface area contributed by atoms with Crippen LogP contribution in [0.4, 0.5) is 0 Å². The van der Waals surface area contributed by atoms with Gasteiger partial charge in [-0.25, -0.2) is 0 Å². The number of hydrogen-bond donors (Lipinski definition) is 2. The van der Waals surface area contributed by atoms with Crippen molar-refractivity contribution in [3.8, 4) is 0 Å². The van der Waals surface area contributed by atoms with Crippen molar-refractivity contribution in [2.75, 3.05) is 13.1 Å². The normalized spacial score (nSPS) is 15.5. The quantitative estimate of drug-likeness (QED) is 0.614. The summed E-state index contributed by atoms with van der Waals surface area (Å²) < 4.78 is 0. The maximum Gasteiger partial charge on any atom is 0.252 e. The van der Waals surface area contributed by atoms with Crippen molar-refractivity contribution >= 4 is 29.6 Å². The predicted octanol–water partition coefficient (Wildman–Crippen LogP) is 4.69. The molecule has 0 aliphatic carbocycles. The summed E-state index contributed by atoms with van der Waals surface area (Å²) in [5.41, 5.74) is 2.56. The highest BCUT2D eigenvalue weighted by Crippen LogP contribution is 2.29. The van der Waals surface area contributed by atoms with Gasteiger partial charge in [-0.1, -0.05) is 55.8 Å². The van der Waals surface area contributed by atoms with Crippen LogP contribution in [0.25, 0.3) is 0 Å². The third-order valence-corrected chi connectivity index (χ3v) is 6.20. The summed E-state index contributed by atoms with van der Waals surface area (Å²) in [6.07, 6.45) is 3.47. The van der Waals surface area contributed by atoms with Crippen molar-refractivity contribution in [3.05, 3.63) is 70.2 Å². The number of carbonyl (C=O) groups excluding carboxylic acids is 2. The lowest BCUT2D eigenvalue weighted by atomic mass is 9.89. The van der Waals surface area contributed by atoms with E-state index in [0.717, 1.165) is 23.4 Å². The molecule has 5 nitrogen and oxygen atoms in total. The van der Waals surface area contributed by atoms with Gasteiger partial charge in [0.05, 0.1) is 0 Å². The maximum atomic E-state index is 13.3. The highest BCUT2D eigenvalue weighted by molar-refractivity contribution is 6.30. The summed E-state index contributed by atoms with van der Waals surface area (Å²) >= 11 is 5.99. The average Bonchev–Trinajstić information content (AvgIpc) is 2.78. The SMILES string of the molecule is CC(C)[C@@H](NC(=O)c1ccccc1CC=N)C(=O)N1CCC(c2ccc(Cl)cc2)CC1. The Kier molecular flexibility index (Phi) is 7.85. The molecular weight excluding hydrogens is 410 g/mol. The van der Waals surface area contributed by atoms with Crippen LogP contribution in [0.1, 0.15) is 54.1 Å². The molecule has 1 heterocycles. The first kappa shape index (κ1) is 23.0. The Balaban J connectivity index is 1.65. The lowest BCUT2D eigenvalue weighted by Gasteiger charge is -2.35. The fourth-order valence-corrected chi connectivity index (χ4v) is 4.25. The summed E-state index contributed by atoms with van der Waals surface area (Å²) in [6, 6.07) is 14.6. The molecular formula is C25H30ClN3O2. The van der Waals surface area contributed by atoms with Gasteiger partial charge in [0.15, 0.2) is 0 Å². The van der Waals surface area contributed by atoms with E-state index in [-0.39, 0.29) is 17.7 Å². The van der Waals surface area contributed by atoms with Crippen LogP contribution in [0.2, 0.25) is 5.02 Å². The Morgan fingerprint density at radius 3 is 2.39 bits per heavy atom. The zero-order valence-electron chi connectivity index (χ0n) is 18.1. The molecule has 0 bridgehead atoms. The zero-order valence-corrected chi connectivity index (χ0v) is 18.9. The first-order chi connectivity index (χ1) is 14.9. The third kappa shape index (κ3) is 5.73. The molecule has 1 aliphatic heterocycles. The third-order valence-electron chi connectivity index (χ3n) is 5.95. The van der Waals surface area contributed by atoms with Crippen LogP contribution in [-0.4, -0.2) is 42.1 Å². The molecule has 1 aliphatic rings. The number of benzene rings is 2. The first-order valence-corrected chi connectivity index (χ1v) is 11.2. The highest BCUT2D eigenvalue weighted by atomic mass is 35.5. The van der Waals surface area contributed by atoms with E-state index in [9.17, 15) is 9.59 Å². The van der Waals surface area contributed by atoms with Gasteiger partial charge >= 0.3 is 0 Å². The Hall–Kier alpha value is -2.66. The van der Waals surface area contributed by atoms with E-state index >= 15 is 0 Å². The van der Waals surface area contributed by atoms with Crippen LogP contribution >= 0.6 is 11.6 Å². The molecule has 1 fully saturated rings. The van der Waals surface area contributed by atoms with Gasteiger partial charge in [0.1, 0.15) is 6.04 Å². The smallest absolute Gasteiger partial charge is 0.252 e. The number of nitrogens with one attached hydrogen (secondary N) is 2. The first-order valence-electron chi connectivity index (χ1n) is 10.8. The van der Waals surface area contributed by atoms with E-state index in [0.29, 0.717) is 31.0 Å². The molecule has 2 aromatic carbocycles. The molecule has 0 saturated carbocycles. The highest BCUT2D eigenvalue weighted by Gasteiger charge is 2.32. The molecule has 2 aromatic rings. The molecule has 0 unspecified atom stereocenters. The number of nitrogens with zero attached hydrogens (tertiary/aromatic N) is 1. The summed E-state index contributed by atoms with van der Waals surface area (Å²) in [4.78, 5) is 28.1. The van der Waals surface area contributed by atoms with Crippen molar-refractivity contribution < 1.29 is 9.59 Å². The monoisotopic (exact) mass is 439 g/mol.